The Morgan fingerprint density at radius 3 is 2.69 bits per heavy atom. The fraction of sp³-hybridized carbons (Fsp3) is 0.304. The lowest BCUT2D eigenvalue weighted by Crippen LogP contribution is -2.28. The van der Waals surface area contributed by atoms with Gasteiger partial charge in [0.2, 0.25) is 10.0 Å². The molecule has 3 aromatic rings. The minimum Gasteiger partial charge on any atom is -0.356 e. The number of nitrogens with zero attached hydrogens (tertiary/aromatic N) is 3. The molecule has 1 aromatic heterocycles. The zero-order valence-corrected chi connectivity index (χ0v) is 19.4. The van der Waals surface area contributed by atoms with Gasteiger partial charge in [0.1, 0.15) is 5.82 Å². The van der Waals surface area contributed by atoms with Gasteiger partial charge in [-0.05, 0) is 49.6 Å². The van der Waals surface area contributed by atoms with Crippen molar-refractivity contribution in [1.29, 1.82) is 0 Å². The number of sulfonamides is 1. The average Bonchev–Trinajstić information content (AvgIpc) is 3.29. The van der Waals surface area contributed by atoms with Crippen LogP contribution in [-0.4, -0.2) is 38.0 Å². The molecule has 1 aliphatic heterocycles. The highest BCUT2D eigenvalue weighted by Crippen LogP contribution is 2.29. The molecule has 0 bridgehead atoms. The van der Waals surface area contributed by atoms with Crippen LogP contribution >= 0.6 is 11.6 Å². The van der Waals surface area contributed by atoms with E-state index in [9.17, 15) is 8.42 Å². The lowest BCUT2D eigenvalue weighted by molar-refractivity contribution is 0.581. The molecule has 168 valence electrons. The van der Waals surface area contributed by atoms with Crippen molar-refractivity contribution in [3.05, 3.63) is 70.9 Å². The largest absolute Gasteiger partial charge is 0.356 e. The molecule has 0 radical (unpaired) electrons. The summed E-state index contributed by atoms with van der Waals surface area (Å²) in [5.41, 5.74) is 8.38. The predicted molar refractivity (Wildman–Crippen MR) is 127 cm³/mol. The SMILES string of the molecule is Cc1ccc(-c2ncc(CNS(=O)(=O)c3ccccc3)c(N3CCC(CN)C3)n2)cc1Cl. The highest BCUT2D eigenvalue weighted by molar-refractivity contribution is 7.89. The third kappa shape index (κ3) is 4.94. The second-order valence-corrected chi connectivity index (χ2v) is 10.2. The Morgan fingerprint density at radius 2 is 2.00 bits per heavy atom. The van der Waals surface area contributed by atoms with Gasteiger partial charge in [0.15, 0.2) is 5.82 Å². The van der Waals surface area contributed by atoms with Crippen LogP contribution in [0.25, 0.3) is 11.4 Å². The van der Waals surface area contributed by atoms with Gasteiger partial charge < -0.3 is 10.6 Å². The first kappa shape index (κ1) is 22.7. The molecule has 2 heterocycles. The summed E-state index contributed by atoms with van der Waals surface area (Å²) < 4.78 is 28.1. The molecule has 3 N–H and O–H groups in total. The molecule has 1 saturated heterocycles. The van der Waals surface area contributed by atoms with E-state index in [1.807, 2.05) is 25.1 Å². The summed E-state index contributed by atoms with van der Waals surface area (Å²) in [5.74, 6) is 1.65. The van der Waals surface area contributed by atoms with Crippen LogP contribution in [0.1, 0.15) is 17.5 Å². The summed E-state index contributed by atoms with van der Waals surface area (Å²) in [4.78, 5) is 11.7. The molecular formula is C23H26ClN5O2S. The normalized spacial score (nSPS) is 16.5. The Morgan fingerprint density at radius 1 is 1.22 bits per heavy atom. The number of nitrogens with two attached hydrogens (primary N) is 1. The number of aromatic nitrogens is 2. The van der Waals surface area contributed by atoms with Gasteiger partial charge in [-0.1, -0.05) is 41.9 Å². The molecule has 0 amide bonds. The van der Waals surface area contributed by atoms with E-state index in [1.165, 1.54) is 0 Å². The van der Waals surface area contributed by atoms with Crippen LogP contribution in [0.5, 0.6) is 0 Å². The summed E-state index contributed by atoms with van der Waals surface area (Å²) in [7, 11) is -3.65. The maximum absolute atomic E-state index is 12.7. The van der Waals surface area contributed by atoms with Gasteiger partial charge in [-0.3, -0.25) is 0 Å². The Bertz CT molecular complexity index is 1200. The molecule has 0 saturated carbocycles. The summed E-state index contributed by atoms with van der Waals surface area (Å²) in [5, 5.41) is 0.650. The van der Waals surface area contributed by atoms with E-state index in [2.05, 4.69) is 14.6 Å². The van der Waals surface area contributed by atoms with Crippen LogP contribution in [0.4, 0.5) is 5.82 Å². The fourth-order valence-electron chi connectivity index (χ4n) is 3.74. The van der Waals surface area contributed by atoms with Gasteiger partial charge in [-0.2, -0.15) is 0 Å². The standard InChI is InChI=1S/C23H26ClN5O2S/c1-16-7-8-18(11-21(16)24)22-26-13-19(23(28-22)29-10-9-17(12-25)15-29)14-27-32(30,31)20-5-3-2-4-6-20/h2-8,11,13,17,27H,9-10,12,14-15,25H2,1H3. The number of benzene rings is 2. The Labute approximate surface area is 193 Å². The summed E-state index contributed by atoms with van der Waals surface area (Å²) in [6.07, 6.45) is 2.66. The molecule has 7 nitrogen and oxygen atoms in total. The molecule has 1 unspecified atom stereocenters. The van der Waals surface area contributed by atoms with E-state index >= 15 is 0 Å². The number of anilines is 1. The summed E-state index contributed by atoms with van der Waals surface area (Å²) >= 11 is 6.30. The van der Waals surface area contributed by atoms with Gasteiger partial charge in [0.05, 0.1) is 4.90 Å². The van der Waals surface area contributed by atoms with Crippen molar-refractivity contribution >= 4 is 27.4 Å². The van der Waals surface area contributed by atoms with Crippen molar-refractivity contribution in [2.75, 3.05) is 24.5 Å². The third-order valence-electron chi connectivity index (χ3n) is 5.70. The number of hydrogen-bond donors (Lipinski definition) is 2. The number of aryl methyl sites for hydroxylation is 1. The summed E-state index contributed by atoms with van der Waals surface area (Å²) in [6.45, 7) is 4.23. The van der Waals surface area contributed by atoms with Crippen molar-refractivity contribution in [2.45, 2.75) is 24.8 Å². The van der Waals surface area contributed by atoms with Crippen molar-refractivity contribution in [2.24, 2.45) is 11.7 Å². The van der Waals surface area contributed by atoms with E-state index < -0.39 is 10.0 Å². The topological polar surface area (TPSA) is 101 Å². The predicted octanol–water partition coefficient (Wildman–Crippen LogP) is 3.37. The molecule has 1 aliphatic rings. The molecule has 9 heteroatoms. The smallest absolute Gasteiger partial charge is 0.240 e. The molecule has 2 aromatic carbocycles. The molecule has 0 aliphatic carbocycles. The van der Waals surface area contributed by atoms with E-state index in [-0.39, 0.29) is 11.4 Å². The molecular weight excluding hydrogens is 446 g/mol. The highest BCUT2D eigenvalue weighted by atomic mass is 35.5. The quantitative estimate of drug-likeness (QED) is 0.547. The lowest BCUT2D eigenvalue weighted by atomic mass is 10.1. The zero-order valence-electron chi connectivity index (χ0n) is 17.8. The molecule has 32 heavy (non-hydrogen) atoms. The number of rotatable bonds is 7. The monoisotopic (exact) mass is 471 g/mol. The van der Waals surface area contributed by atoms with Gasteiger partial charge in [-0.25, -0.2) is 23.1 Å². The van der Waals surface area contributed by atoms with Gasteiger partial charge in [-0.15, -0.1) is 0 Å². The Balaban J connectivity index is 1.66. The third-order valence-corrected chi connectivity index (χ3v) is 7.52. The van der Waals surface area contributed by atoms with Crippen LogP contribution in [0.2, 0.25) is 5.02 Å². The molecule has 1 atom stereocenters. The number of halogens is 1. The van der Waals surface area contributed by atoms with Gasteiger partial charge in [0.25, 0.3) is 0 Å². The second-order valence-electron chi connectivity index (χ2n) is 7.98. The zero-order chi connectivity index (χ0) is 22.7. The van der Waals surface area contributed by atoms with Crippen LogP contribution in [-0.2, 0) is 16.6 Å². The minimum absolute atomic E-state index is 0.0886. The average molecular weight is 472 g/mol. The van der Waals surface area contributed by atoms with E-state index in [0.717, 1.165) is 36.5 Å². The van der Waals surface area contributed by atoms with Crippen molar-refractivity contribution in [1.82, 2.24) is 14.7 Å². The van der Waals surface area contributed by atoms with Crippen molar-refractivity contribution in [3.8, 4) is 11.4 Å². The van der Waals surface area contributed by atoms with E-state index in [1.54, 1.807) is 36.5 Å². The summed E-state index contributed by atoms with van der Waals surface area (Å²) in [6, 6.07) is 14.0. The number of nitrogens with one attached hydrogen (secondary N) is 1. The van der Waals surface area contributed by atoms with Crippen LogP contribution in [0.15, 0.2) is 59.6 Å². The van der Waals surface area contributed by atoms with Crippen LogP contribution < -0.4 is 15.4 Å². The van der Waals surface area contributed by atoms with Crippen molar-refractivity contribution in [3.63, 3.8) is 0 Å². The van der Waals surface area contributed by atoms with E-state index in [0.29, 0.717) is 28.9 Å². The molecule has 1 fully saturated rings. The first-order chi connectivity index (χ1) is 15.4. The minimum atomic E-state index is -3.65. The highest BCUT2D eigenvalue weighted by Gasteiger charge is 2.26. The maximum Gasteiger partial charge on any atom is 0.240 e. The lowest BCUT2D eigenvalue weighted by Gasteiger charge is -2.21. The van der Waals surface area contributed by atoms with Crippen LogP contribution in [0, 0.1) is 12.8 Å². The molecule has 4 rings (SSSR count). The Hall–Kier alpha value is -2.52. The fourth-order valence-corrected chi connectivity index (χ4v) is 4.95. The Kier molecular flexibility index (Phi) is 6.76. The van der Waals surface area contributed by atoms with Gasteiger partial charge in [0, 0.05) is 42.0 Å². The number of hydrogen-bond acceptors (Lipinski definition) is 6. The second kappa shape index (κ2) is 9.54. The van der Waals surface area contributed by atoms with Gasteiger partial charge >= 0.3 is 0 Å². The first-order valence-corrected chi connectivity index (χ1v) is 12.4. The van der Waals surface area contributed by atoms with Crippen LogP contribution in [0.3, 0.4) is 0 Å². The first-order valence-electron chi connectivity index (χ1n) is 10.5. The molecule has 0 spiro atoms. The van der Waals surface area contributed by atoms with E-state index in [4.69, 9.17) is 22.3 Å². The maximum atomic E-state index is 12.7. The van der Waals surface area contributed by atoms with Crippen molar-refractivity contribution < 1.29 is 8.42 Å².